The molecule has 0 radical (unpaired) electrons. The summed E-state index contributed by atoms with van der Waals surface area (Å²) >= 11 is 0. The molecule has 1 aromatic carbocycles. The maximum absolute atomic E-state index is 12.3. The molecule has 0 aliphatic rings. The summed E-state index contributed by atoms with van der Waals surface area (Å²) in [7, 11) is -1.81. The molecule has 1 aromatic rings. The van der Waals surface area contributed by atoms with Gasteiger partial charge in [-0.05, 0) is 36.6 Å². The smallest absolute Gasteiger partial charge is 0.243 e. The molecule has 0 amide bonds. The van der Waals surface area contributed by atoms with Crippen LogP contribution >= 0.6 is 0 Å². The third-order valence-corrected chi connectivity index (χ3v) is 5.11. The standard InChI is InChI=1S/C12H20N2O2S/c1-5-14(4)17(15,16)12-7-11(8-13)6-9(2)10(12)3/h6-7H,5,8,13H2,1-4H3. The molecule has 0 aromatic heterocycles. The van der Waals surface area contributed by atoms with Gasteiger partial charge in [0.1, 0.15) is 0 Å². The van der Waals surface area contributed by atoms with Gasteiger partial charge in [0.05, 0.1) is 4.90 Å². The van der Waals surface area contributed by atoms with Gasteiger partial charge >= 0.3 is 0 Å². The predicted octanol–water partition coefficient (Wildman–Crippen LogP) is 1.40. The lowest BCUT2D eigenvalue weighted by molar-refractivity contribution is 0.485. The Balaban J connectivity index is 3.45. The van der Waals surface area contributed by atoms with Crippen molar-refractivity contribution in [1.29, 1.82) is 0 Å². The predicted molar refractivity (Wildman–Crippen MR) is 69.3 cm³/mol. The van der Waals surface area contributed by atoms with Crippen LogP contribution in [0.25, 0.3) is 0 Å². The van der Waals surface area contributed by atoms with Crippen LogP contribution in [0.1, 0.15) is 23.6 Å². The second-order valence-electron chi connectivity index (χ2n) is 4.16. The molecule has 0 saturated carbocycles. The van der Waals surface area contributed by atoms with Crippen molar-refractivity contribution >= 4 is 10.0 Å². The number of rotatable bonds is 4. The highest BCUT2D eigenvalue weighted by Gasteiger charge is 2.22. The lowest BCUT2D eigenvalue weighted by Crippen LogP contribution is -2.27. The van der Waals surface area contributed by atoms with Crippen molar-refractivity contribution in [3.8, 4) is 0 Å². The Labute approximate surface area is 103 Å². The highest BCUT2D eigenvalue weighted by Crippen LogP contribution is 2.23. The summed E-state index contributed by atoms with van der Waals surface area (Å²) in [6.07, 6.45) is 0. The van der Waals surface area contributed by atoms with E-state index in [9.17, 15) is 8.42 Å². The van der Waals surface area contributed by atoms with Gasteiger partial charge in [0, 0.05) is 20.1 Å². The summed E-state index contributed by atoms with van der Waals surface area (Å²) in [4.78, 5) is 0.363. The number of hydrogen-bond donors (Lipinski definition) is 1. The van der Waals surface area contributed by atoms with E-state index in [0.717, 1.165) is 16.7 Å². The van der Waals surface area contributed by atoms with E-state index in [1.54, 1.807) is 13.1 Å². The van der Waals surface area contributed by atoms with Gasteiger partial charge in [-0.15, -0.1) is 0 Å². The number of aryl methyl sites for hydroxylation is 1. The number of sulfonamides is 1. The highest BCUT2D eigenvalue weighted by atomic mass is 32.2. The molecular formula is C12H20N2O2S. The first-order valence-electron chi connectivity index (χ1n) is 5.61. The van der Waals surface area contributed by atoms with Crippen molar-refractivity contribution in [2.75, 3.05) is 13.6 Å². The van der Waals surface area contributed by atoms with Crippen LogP contribution in [-0.4, -0.2) is 26.3 Å². The van der Waals surface area contributed by atoms with E-state index in [-0.39, 0.29) is 0 Å². The quantitative estimate of drug-likeness (QED) is 0.885. The number of nitrogens with zero attached hydrogens (tertiary/aromatic N) is 1. The van der Waals surface area contributed by atoms with Crippen LogP contribution in [-0.2, 0) is 16.6 Å². The summed E-state index contributed by atoms with van der Waals surface area (Å²) in [6.45, 7) is 6.34. The molecule has 0 saturated heterocycles. The molecule has 0 spiro atoms. The molecule has 96 valence electrons. The lowest BCUT2D eigenvalue weighted by atomic mass is 10.1. The van der Waals surface area contributed by atoms with Crippen LogP contribution in [0.4, 0.5) is 0 Å². The van der Waals surface area contributed by atoms with Crippen molar-refractivity contribution < 1.29 is 8.42 Å². The lowest BCUT2D eigenvalue weighted by Gasteiger charge is -2.18. The Morgan fingerprint density at radius 2 is 1.88 bits per heavy atom. The normalized spacial score (nSPS) is 12.1. The highest BCUT2D eigenvalue weighted by molar-refractivity contribution is 7.89. The average Bonchev–Trinajstić information content (AvgIpc) is 2.30. The van der Waals surface area contributed by atoms with Crippen molar-refractivity contribution in [2.24, 2.45) is 5.73 Å². The van der Waals surface area contributed by atoms with Gasteiger partial charge in [-0.25, -0.2) is 12.7 Å². The van der Waals surface area contributed by atoms with E-state index in [4.69, 9.17) is 5.73 Å². The maximum Gasteiger partial charge on any atom is 0.243 e. The molecule has 4 nitrogen and oxygen atoms in total. The third kappa shape index (κ3) is 2.68. The van der Waals surface area contributed by atoms with Crippen LogP contribution in [0.2, 0.25) is 0 Å². The van der Waals surface area contributed by atoms with Crippen molar-refractivity contribution in [3.63, 3.8) is 0 Å². The molecule has 0 bridgehead atoms. The van der Waals surface area contributed by atoms with Crippen LogP contribution < -0.4 is 5.73 Å². The van der Waals surface area contributed by atoms with Crippen LogP contribution in [0.5, 0.6) is 0 Å². The van der Waals surface area contributed by atoms with E-state index in [2.05, 4.69) is 0 Å². The van der Waals surface area contributed by atoms with Crippen molar-refractivity contribution in [3.05, 3.63) is 28.8 Å². The minimum absolute atomic E-state index is 0.347. The van der Waals surface area contributed by atoms with Gasteiger partial charge in [-0.1, -0.05) is 13.0 Å². The zero-order valence-electron chi connectivity index (χ0n) is 10.8. The third-order valence-electron chi connectivity index (χ3n) is 3.05. The summed E-state index contributed by atoms with van der Waals surface area (Å²) in [5.41, 5.74) is 8.17. The molecule has 0 fully saturated rings. The van der Waals surface area contributed by atoms with E-state index in [1.165, 1.54) is 4.31 Å². The Kier molecular flexibility index (Phi) is 4.30. The maximum atomic E-state index is 12.3. The molecule has 2 N–H and O–H groups in total. The van der Waals surface area contributed by atoms with Crippen molar-refractivity contribution in [2.45, 2.75) is 32.2 Å². The number of nitrogens with two attached hydrogens (primary N) is 1. The summed E-state index contributed by atoms with van der Waals surface area (Å²) in [5.74, 6) is 0. The second-order valence-corrected chi connectivity index (χ2v) is 6.17. The fourth-order valence-electron chi connectivity index (χ4n) is 1.62. The second kappa shape index (κ2) is 5.16. The fourth-order valence-corrected chi connectivity index (χ4v) is 3.15. The Hall–Kier alpha value is -0.910. The minimum atomic E-state index is -3.40. The summed E-state index contributed by atoms with van der Waals surface area (Å²) in [6, 6.07) is 3.60. The van der Waals surface area contributed by atoms with E-state index < -0.39 is 10.0 Å². The van der Waals surface area contributed by atoms with Gasteiger partial charge in [0.25, 0.3) is 0 Å². The number of hydrogen-bond acceptors (Lipinski definition) is 3. The van der Waals surface area contributed by atoms with E-state index in [0.29, 0.717) is 18.0 Å². The monoisotopic (exact) mass is 256 g/mol. The van der Waals surface area contributed by atoms with Gasteiger partial charge < -0.3 is 5.73 Å². The first-order chi connectivity index (χ1) is 7.84. The van der Waals surface area contributed by atoms with Crippen molar-refractivity contribution in [1.82, 2.24) is 4.31 Å². The Morgan fingerprint density at radius 1 is 1.29 bits per heavy atom. The first kappa shape index (κ1) is 14.2. The topological polar surface area (TPSA) is 63.4 Å². The molecule has 0 aliphatic carbocycles. The minimum Gasteiger partial charge on any atom is -0.326 e. The molecule has 0 atom stereocenters. The zero-order valence-corrected chi connectivity index (χ0v) is 11.6. The molecule has 5 heteroatoms. The Morgan fingerprint density at radius 3 is 2.35 bits per heavy atom. The largest absolute Gasteiger partial charge is 0.326 e. The SMILES string of the molecule is CCN(C)S(=O)(=O)c1cc(CN)cc(C)c1C. The molecule has 17 heavy (non-hydrogen) atoms. The fraction of sp³-hybridized carbons (Fsp3) is 0.500. The van der Waals surface area contributed by atoms with Crippen LogP contribution in [0.3, 0.4) is 0 Å². The van der Waals surface area contributed by atoms with E-state index >= 15 is 0 Å². The van der Waals surface area contributed by atoms with Crippen LogP contribution in [0.15, 0.2) is 17.0 Å². The summed E-state index contributed by atoms with van der Waals surface area (Å²) < 4.78 is 25.9. The zero-order chi connectivity index (χ0) is 13.2. The molecule has 1 rings (SSSR count). The number of benzene rings is 1. The van der Waals surface area contributed by atoms with Crippen LogP contribution in [0, 0.1) is 13.8 Å². The van der Waals surface area contributed by atoms with Gasteiger partial charge in [-0.2, -0.15) is 0 Å². The molecular weight excluding hydrogens is 236 g/mol. The molecule has 0 heterocycles. The average molecular weight is 256 g/mol. The molecule has 0 aliphatic heterocycles. The van der Waals surface area contributed by atoms with Gasteiger partial charge in [0.2, 0.25) is 10.0 Å². The van der Waals surface area contributed by atoms with E-state index in [1.807, 2.05) is 26.8 Å². The van der Waals surface area contributed by atoms with Gasteiger partial charge in [-0.3, -0.25) is 0 Å². The first-order valence-corrected chi connectivity index (χ1v) is 7.05. The molecule has 0 unspecified atom stereocenters. The Bertz CT molecular complexity index is 509. The summed E-state index contributed by atoms with van der Waals surface area (Å²) in [5, 5.41) is 0. The van der Waals surface area contributed by atoms with Gasteiger partial charge in [0.15, 0.2) is 0 Å².